The van der Waals surface area contributed by atoms with Crippen molar-refractivity contribution in [2.75, 3.05) is 18.8 Å². The average molecular weight is 191 g/mol. The van der Waals surface area contributed by atoms with E-state index < -0.39 is 10.0 Å². The van der Waals surface area contributed by atoms with Gasteiger partial charge in [0, 0.05) is 13.1 Å². The summed E-state index contributed by atoms with van der Waals surface area (Å²) < 4.78 is 24.7. The van der Waals surface area contributed by atoms with Gasteiger partial charge in [0.05, 0.1) is 5.75 Å². The van der Waals surface area contributed by atoms with E-state index >= 15 is 0 Å². The van der Waals surface area contributed by atoms with E-state index in [0.29, 0.717) is 5.75 Å². The molecule has 0 bridgehead atoms. The van der Waals surface area contributed by atoms with Gasteiger partial charge in [0.25, 0.3) is 0 Å². The number of nitrogens with zero attached hydrogens (tertiary/aromatic N) is 1. The molecule has 72 valence electrons. The fraction of sp³-hybridized carbons (Fsp3) is 1.00. The maximum atomic E-state index is 11.5. The zero-order valence-electron chi connectivity index (χ0n) is 7.62. The van der Waals surface area contributed by atoms with Crippen LogP contribution in [0.1, 0.15) is 32.6 Å². The molecule has 0 unspecified atom stereocenters. The topological polar surface area (TPSA) is 37.4 Å². The highest BCUT2D eigenvalue weighted by Crippen LogP contribution is 2.13. The van der Waals surface area contributed by atoms with Crippen molar-refractivity contribution in [1.82, 2.24) is 4.31 Å². The van der Waals surface area contributed by atoms with Crippen molar-refractivity contribution >= 4 is 10.0 Å². The summed E-state index contributed by atoms with van der Waals surface area (Å²) in [6.07, 6.45) is 3.96. The maximum Gasteiger partial charge on any atom is 0.214 e. The summed E-state index contributed by atoms with van der Waals surface area (Å²) in [7, 11) is -2.90. The standard InChI is InChI=1S/C8H17NO2S/c1-2-8-12(10,11)9-6-4-3-5-7-9/h2-8H2,1H3. The smallest absolute Gasteiger partial charge is 0.212 e. The molecule has 1 aliphatic rings. The quantitative estimate of drug-likeness (QED) is 0.672. The van der Waals surface area contributed by atoms with E-state index in [-0.39, 0.29) is 0 Å². The highest BCUT2D eigenvalue weighted by atomic mass is 32.2. The molecule has 0 atom stereocenters. The highest BCUT2D eigenvalue weighted by Gasteiger charge is 2.22. The molecule has 1 heterocycles. The van der Waals surface area contributed by atoms with Crippen LogP contribution < -0.4 is 0 Å². The van der Waals surface area contributed by atoms with E-state index in [1.165, 1.54) is 6.42 Å². The second-order valence-corrected chi connectivity index (χ2v) is 5.36. The Hall–Kier alpha value is -0.0900. The fourth-order valence-corrected chi connectivity index (χ4v) is 3.12. The normalized spacial score (nSPS) is 21.1. The molecule has 4 heteroatoms. The molecule has 0 N–H and O–H groups in total. The molecule has 1 fully saturated rings. The van der Waals surface area contributed by atoms with Crippen LogP contribution in [-0.4, -0.2) is 31.6 Å². The Kier molecular flexibility index (Phi) is 3.53. The summed E-state index contributed by atoms with van der Waals surface area (Å²) in [4.78, 5) is 0. The van der Waals surface area contributed by atoms with E-state index in [9.17, 15) is 8.42 Å². The van der Waals surface area contributed by atoms with Gasteiger partial charge in [-0.05, 0) is 19.3 Å². The number of hydrogen-bond acceptors (Lipinski definition) is 2. The van der Waals surface area contributed by atoms with Gasteiger partial charge in [-0.3, -0.25) is 0 Å². The van der Waals surface area contributed by atoms with Crippen molar-refractivity contribution in [3.05, 3.63) is 0 Å². The summed E-state index contributed by atoms with van der Waals surface area (Å²) in [6, 6.07) is 0. The Morgan fingerprint density at radius 3 is 2.25 bits per heavy atom. The van der Waals surface area contributed by atoms with Crippen LogP contribution in [0.5, 0.6) is 0 Å². The lowest BCUT2D eigenvalue weighted by molar-refractivity contribution is 0.346. The van der Waals surface area contributed by atoms with Gasteiger partial charge in [0.1, 0.15) is 0 Å². The van der Waals surface area contributed by atoms with Crippen molar-refractivity contribution in [2.24, 2.45) is 0 Å². The Labute approximate surface area is 74.8 Å². The summed E-state index contributed by atoms with van der Waals surface area (Å²) in [5.41, 5.74) is 0. The first-order valence-corrected chi connectivity index (χ1v) is 6.25. The number of sulfonamides is 1. The molecule has 0 aromatic carbocycles. The van der Waals surface area contributed by atoms with E-state index in [0.717, 1.165) is 32.4 Å². The Morgan fingerprint density at radius 2 is 1.75 bits per heavy atom. The van der Waals surface area contributed by atoms with Gasteiger partial charge in [0.2, 0.25) is 10.0 Å². The molecule has 1 saturated heterocycles. The lowest BCUT2D eigenvalue weighted by Crippen LogP contribution is -2.37. The minimum Gasteiger partial charge on any atom is -0.212 e. The van der Waals surface area contributed by atoms with Crippen LogP contribution in [0.15, 0.2) is 0 Å². The minimum absolute atomic E-state index is 0.312. The summed E-state index contributed by atoms with van der Waals surface area (Å²) in [6.45, 7) is 3.38. The Balaban J connectivity index is 2.54. The maximum absolute atomic E-state index is 11.5. The van der Waals surface area contributed by atoms with Gasteiger partial charge in [-0.25, -0.2) is 12.7 Å². The van der Waals surface area contributed by atoms with Gasteiger partial charge in [-0.2, -0.15) is 0 Å². The molecule has 0 aromatic rings. The highest BCUT2D eigenvalue weighted by molar-refractivity contribution is 7.89. The van der Waals surface area contributed by atoms with Crippen molar-refractivity contribution in [1.29, 1.82) is 0 Å². The Bertz CT molecular complexity index is 217. The van der Waals surface area contributed by atoms with Gasteiger partial charge >= 0.3 is 0 Å². The predicted molar refractivity (Wildman–Crippen MR) is 49.5 cm³/mol. The zero-order valence-corrected chi connectivity index (χ0v) is 8.44. The van der Waals surface area contributed by atoms with Crippen LogP contribution in [0.3, 0.4) is 0 Å². The molecule has 1 aliphatic heterocycles. The third-order valence-corrected chi connectivity index (χ3v) is 4.25. The van der Waals surface area contributed by atoms with E-state index in [1.807, 2.05) is 6.92 Å². The summed E-state index contributed by atoms with van der Waals surface area (Å²) in [5.74, 6) is 0.312. The van der Waals surface area contributed by atoms with Gasteiger partial charge < -0.3 is 0 Å². The number of hydrogen-bond donors (Lipinski definition) is 0. The molecule has 3 nitrogen and oxygen atoms in total. The number of piperidine rings is 1. The average Bonchev–Trinajstić information content (AvgIpc) is 2.06. The SMILES string of the molecule is CCCS(=O)(=O)N1CCCCC1. The van der Waals surface area contributed by atoms with Crippen LogP contribution in [0.25, 0.3) is 0 Å². The molecule has 1 rings (SSSR count). The summed E-state index contributed by atoms with van der Waals surface area (Å²) in [5, 5.41) is 0. The van der Waals surface area contributed by atoms with Crippen LogP contribution in [-0.2, 0) is 10.0 Å². The van der Waals surface area contributed by atoms with Crippen LogP contribution in [0, 0.1) is 0 Å². The van der Waals surface area contributed by atoms with Crippen LogP contribution in [0.2, 0.25) is 0 Å². The molecule has 0 aliphatic carbocycles. The summed E-state index contributed by atoms with van der Waals surface area (Å²) >= 11 is 0. The molecule has 0 aromatic heterocycles. The first-order chi connectivity index (χ1) is 5.67. The van der Waals surface area contributed by atoms with Crippen LogP contribution in [0.4, 0.5) is 0 Å². The van der Waals surface area contributed by atoms with E-state index in [4.69, 9.17) is 0 Å². The molecule has 0 radical (unpaired) electrons. The lowest BCUT2D eigenvalue weighted by Gasteiger charge is -2.25. The monoisotopic (exact) mass is 191 g/mol. The van der Waals surface area contributed by atoms with Gasteiger partial charge in [0.15, 0.2) is 0 Å². The van der Waals surface area contributed by atoms with Crippen molar-refractivity contribution < 1.29 is 8.42 Å². The van der Waals surface area contributed by atoms with Crippen molar-refractivity contribution in [3.8, 4) is 0 Å². The van der Waals surface area contributed by atoms with Gasteiger partial charge in [-0.1, -0.05) is 13.3 Å². The van der Waals surface area contributed by atoms with E-state index in [1.54, 1.807) is 4.31 Å². The molecular weight excluding hydrogens is 174 g/mol. The predicted octanol–water partition coefficient (Wildman–Crippen LogP) is 1.21. The molecule has 0 amide bonds. The van der Waals surface area contributed by atoms with E-state index in [2.05, 4.69) is 0 Å². The minimum atomic E-state index is -2.90. The molecular formula is C8H17NO2S. The molecule has 0 spiro atoms. The third kappa shape index (κ3) is 2.45. The third-order valence-electron chi connectivity index (χ3n) is 2.17. The van der Waals surface area contributed by atoms with Crippen LogP contribution >= 0.6 is 0 Å². The number of rotatable bonds is 3. The second kappa shape index (κ2) is 4.23. The molecule has 0 saturated carbocycles. The second-order valence-electron chi connectivity index (χ2n) is 3.28. The Morgan fingerprint density at radius 1 is 1.17 bits per heavy atom. The lowest BCUT2D eigenvalue weighted by atomic mass is 10.2. The van der Waals surface area contributed by atoms with Crippen molar-refractivity contribution in [2.45, 2.75) is 32.6 Å². The first kappa shape index (κ1) is 9.99. The van der Waals surface area contributed by atoms with Crippen molar-refractivity contribution in [3.63, 3.8) is 0 Å². The largest absolute Gasteiger partial charge is 0.214 e. The fourth-order valence-electron chi connectivity index (χ4n) is 1.53. The van der Waals surface area contributed by atoms with Gasteiger partial charge in [-0.15, -0.1) is 0 Å². The first-order valence-electron chi connectivity index (χ1n) is 4.64. The zero-order chi connectivity index (χ0) is 9.03. The molecule has 12 heavy (non-hydrogen) atoms.